The number of nitrogens with zero attached hydrogens (tertiary/aromatic N) is 2. The van der Waals surface area contributed by atoms with Crippen molar-refractivity contribution in [2.75, 3.05) is 17.1 Å². The second kappa shape index (κ2) is 12.0. The monoisotopic (exact) mass is 487 g/mol. The highest BCUT2D eigenvalue weighted by Gasteiger charge is 2.32. The normalized spacial score (nSPS) is 13.1. The van der Waals surface area contributed by atoms with E-state index in [4.69, 9.17) is 0 Å². The van der Waals surface area contributed by atoms with Gasteiger partial charge in [-0.15, -0.1) is 0 Å². The number of rotatable bonds is 11. The van der Waals surface area contributed by atoms with Crippen molar-refractivity contribution >= 4 is 27.5 Å². The average molecular weight is 488 g/mol. The van der Waals surface area contributed by atoms with Crippen molar-refractivity contribution in [3.05, 3.63) is 65.2 Å². The Morgan fingerprint density at radius 1 is 0.971 bits per heavy atom. The number of carbonyl (C=O) groups is 2. The van der Waals surface area contributed by atoms with Gasteiger partial charge in [-0.05, 0) is 51.3 Å². The van der Waals surface area contributed by atoms with Gasteiger partial charge in [0.1, 0.15) is 12.6 Å². The van der Waals surface area contributed by atoms with Gasteiger partial charge in [-0.25, -0.2) is 8.42 Å². The molecule has 0 saturated heterocycles. The molecule has 0 saturated carbocycles. The summed E-state index contributed by atoms with van der Waals surface area (Å²) in [5.41, 5.74) is 3.32. The van der Waals surface area contributed by atoms with Crippen LogP contribution in [0.4, 0.5) is 5.69 Å². The Kier molecular flexibility index (Phi) is 9.67. The van der Waals surface area contributed by atoms with Crippen LogP contribution >= 0.6 is 0 Å². The summed E-state index contributed by atoms with van der Waals surface area (Å²) in [6.45, 7) is 9.44. The highest BCUT2D eigenvalue weighted by atomic mass is 32.2. The minimum atomic E-state index is -3.73. The Hall–Kier alpha value is -2.87. The average Bonchev–Trinajstić information content (AvgIpc) is 2.77. The van der Waals surface area contributed by atoms with Crippen LogP contribution in [0.2, 0.25) is 0 Å². The standard InChI is InChI=1S/C26H37N3O4S/c1-7-21(5)27-26(31)24(8-2)28(17-22-11-9-10-20(4)16-22)25(30)18-29(34(6,32)33)23-14-12-19(3)13-15-23/h9-16,21,24H,7-8,17-18H2,1-6H3,(H,27,31)/t21-,24+/m0/s1. The molecule has 0 fully saturated rings. The van der Waals surface area contributed by atoms with E-state index in [1.165, 1.54) is 4.90 Å². The minimum Gasteiger partial charge on any atom is -0.352 e. The van der Waals surface area contributed by atoms with Crippen molar-refractivity contribution in [2.45, 2.75) is 66.1 Å². The lowest BCUT2D eigenvalue weighted by Gasteiger charge is -2.33. The summed E-state index contributed by atoms with van der Waals surface area (Å²) in [4.78, 5) is 28.2. The Labute approximate surface area is 204 Å². The van der Waals surface area contributed by atoms with E-state index in [0.717, 1.165) is 33.7 Å². The van der Waals surface area contributed by atoms with Gasteiger partial charge in [0.05, 0.1) is 11.9 Å². The van der Waals surface area contributed by atoms with E-state index in [1.54, 1.807) is 24.3 Å². The zero-order valence-electron chi connectivity index (χ0n) is 21.0. The van der Waals surface area contributed by atoms with E-state index >= 15 is 0 Å². The Morgan fingerprint density at radius 2 is 1.62 bits per heavy atom. The van der Waals surface area contributed by atoms with Gasteiger partial charge in [0.2, 0.25) is 21.8 Å². The molecule has 2 aromatic carbocycles. The van der Waals surface area contributed by atoms with Gasteiger partial charge in [0, 0.05) is 12.6 Å². The van der Waals surface area contributed by atoms with Crippen LogP contribution < -0.4 is 9.62 Å². The van der Waals surface area contributed by atoms with Gasteiger partial charge in [-0.2, -0.15) is 0 Å². The number of sulfonamides is 1. The van der Waals surface area contributed by atoms with Crippen molar-refractivity contribution < 1.29 is 18.0 Å². The Balaban J connectivity index is 2.43. The lowest BCUT2D eigenvalue weighted by molar-refractivity contribution is -0.140. The number of hydrogen-bond donors (Lipinski definition) is 1. The molecule has 0 aliphatic heterocycles. The van der Waals surface area contributed by atoms with Crippen LogP contribution in [0, 0.1) is 13.8 Å². The molecule has 0 aliphatic rings. The summed E-state index contributed by atoms with van der Waals surface area (Å²) in [6, 6.07) is 14.0. The molecule has 7 nitrogen and oxygen atoms in total. The van der Waals surface area contributed by atoms with Gasteiger partial charge in [-0.3, -0.25) is 13.9 Å². The number of hydrogen-bond acceptors (Lipinski definition) is 4. The van der Waals surface area contributed by atoms with Gasteiger partial charge in [-0.1, -0.05) is 61.4 Å². The molecule has 0 heterocycles. The lowest BCUT2D eigenvalue weighted by atomic mass is 10.1. The first-order valence-corrected chi connectivity index (χ1v) is 13.5. The summed E-state index contributed by atoms with van der Waals surface area (Å²) in [7, 11) is -3.73. The van der Waals surface area contributed by atoms with Crippen LogP contribution in [0.3, 0.4) is 0 Å². The van der Waals surface area contributed by atoms with Crippen molar-refractivity contribution in [1.29, 1.82) is 0 Å². The fourth-order valence-electron chi connectivity index (χ4n) is 3.69. The zero-order valence-corrected chi connectivity index (χ0v) is 21.9. The summed E-state index contributed by atoms with van der Waals surface area (Å²) >= 11 is 0. The highest BCUT2D eigenvalue weighted by Crippen LogP contribution is 2.20. The molecular formula is C26H37N3O4S. The van der Waals surface area contributed by atoms with Crippen molar-refractivity contribution in [1.82, 2.24) is 10.2 Å². The van der Waals surface area contributed by atoms with E-state index in [0.29, 0.717) is 12.1 Å². The molecule has 2 aromatic rings. The third-order valence-corrected chi connectivity index (χ3v) is 6.96. The van der Waals surface area contributed by atoms with Gasteiger partial charge in [0.15, 0.2) is 0 Å². The van der Waals surface area contributed by atoms with Crippen molar-refractivity contribution in [2.24, 2.45) is 0 Å². The largest absolute Gasteiger partial charge is 0.352 e. The summed E-state index contributed by atoms with van der Waals surface area (Å²) in [5.74, 6) is -0.669. The molecule has 0 aliphatic carbocycles. The molecule has 0 unspecified atom stereocenters. The minimum absolute atomic E-state index is 0.0300. The highest BCUT2D eigenvalue weighted by molar-refractivity contribution is 7.92. The third kappa shape index (κ3) is 7.58. The molecule has 186 valence electrons. The molecule has 34 heavy (non-hydrogen) atoms. The molecule has 2 atom stereocenters. The maximum absolute atomic E-state index is 13.6. The maximum Gasteiger partial charge on any atom is 0.244 e. The van der Waals surface area contributed by atoms with Crippen LogP contribution in [-0.2, 0) is 26.2 Å². The number of carbonyl (C=O) groups excluding carboxylic acids is 2. The molecule has 0 spiro atoms. The Bertz CT molecular complexity index is 1080. The van der Waals surface area contributed by atoms with Crippen LogP contribution in [0.15, 0.2) is 48.5 Å². The zero-order chi connectivity index (χ0) is 25.5. The second-order valence-electron chi connectivity index (χ2n) is 8.86. The first kappa shape index (κ1) is 27.4. The SMILES string of the molecule is CC[C@H](C(=O)N[C@@H](C)CC)N(Cc1cccc(C)c1)C(=O)CN(c1ccc(C)cc1)S(C)(=O)=O. The predicted molar refractivity (Wildman–Crippen MR) is 137 cm³/mol. The lowest BCUT2D eigenvalue weighted by Crippen LogP contribution is -2.53. The fraction of sp³-hybridized carbons (Fsp3) is 0.462. The number of anilines is 1. The van der Waals surface area contributed by atoms with E-state index in [-0.39, 0.29) is 25.0 Å². The smallest absolute Gasteiger partial charge is 0.244 e. The number of aryl methyl sites for hydroxylation is 2. The summed E-state index contributed by atoms with van der Waals surface area (Å²) in [6.07, 6.45) is 2.25. The van der Waals surface area contributed by atoms with Crippen molar-refractivity contribution in [3.8, 4) is 0 Å². The molecule has 1 N–H and O–H groups in total. The van der Waals surface area contributed by atoms with Crippen LogP contribution in [0.5, 0.6) is 0 Å². The summed E-state index contributed by atoms with van der Waals surface area (Å²) in [5, 5.41) is 2.97. The quantitative estimate of drug-likeness (QED) is 0.522. The molecule has 8 heteroatoms. The number of nitrogens with one attached hydrogen (secondary N) is 1. The molecule has 0 aromatic heterocycles. The Morgan fingerprint density at radius 3 is 2.15 bits per heavy atom. The second-order valence-corrected chi connectivity index (χ2v) is 10.8. The first-order chi connectivity index (χ1) is 16.0. The van der Waals surface area contributed by atoms with E-state index in [2.05, 4.69) is 5.32 Å². The van der Waals surface area contributed by atoms with E-state index < -0.39 is 22.0 Å². The van der Waals surface area contributed by atoms with Gasteiger partial charge >= 0.3 is 0 Å². The topological polar surface area (TPSA) is 86.8 Å². The van der Waals surface area contributed by atoms with Crippen LogP contribution in [-0.4, -0.2) is 50.0 Å². The molecule has 2 amide bonds. The number of amides is 2. The fourth-order valence-corrected chi connectivity index (χ4v) is 4.54. The maximum atomic E-state index is 13.6. The molecule has 2 rings (SSSR count). The first-order valence-electron chi connectivity index (χ1n) is 11.7. The predicted octanol–water partition coefficient (Wildman–Crippen LogP) is 3.79. The third-order valence-electron chi connectivity index (χ3n) is 5.82. The van der Waals surface area contributed by atoms with Gasteiger partial charge < -0.3 is 10.2 Å². The van der Waals surface area contributed by atoms with Crippen LogP contribution in [0.25, 0.3) is 0 Å². The molecule has 0 radical (unpaired) electrons. The van der Waals surface area contributed by atoms with Gasteiger partial charge in [0.25, 0.3) is 0 Å². The van der Waals surface area contributed by atoms with E-state index in [1.807, 2.05) is 58.9 Å². The summed E-state index contributed by atoms with van der Waals surface area (Å²) < 4.78 is 26.3. The molecule has 0 bridgehead atoms. The van der Waals surface area contributed by atoms with Crippen molar-refractivity contribution in [3.63, 3.8) is 0 Å². The van der Waals surface area contributed by atoms with Crippen LogP contribution in [0.1, 0.15) is 50.3 Å². The number of benzene rings is 2. The van der Waals surface area contributed by atoms with E-state index in [9.17, 15) is 18.0 Å². The molecular weight excluding hydrogens is 450 g/mol.